The fourth-order valence-corrected chi connectivity index (χ4v) is 3.48. The molecule has 0 fully saturated rings. The number of rotatable bonds is 11. The number of para-hydroxylation sites is 1. The maximum Gasteiger partial charge on any atom is 0.161 e. The molecule has 0 atom stereocenters. The Balaban J connectivity index is 1.79. The minimum atomic E-state index is 0.666. The predicted molar refractivity (Wildman–Crippen MR) is 129 cm³/mol. The van der Waals surface area contributed by atoms with Gasteiger partial charge in [-0.25, -0.2) is 9.97 Å². The minimum absolute atomic E-state index is 0.666. The highest BCUT2D eigenvalue weighted by molar-refractivity contribution is 5.90. The molecule has 0 aliphatic heterocycles. The lowest BCUT2D eigenvalue weighted by molar-refractivity contribution is 0.303. The Morgan fingerprint density at radius 2 is 1.71 bits per heavy atom. The number of methoxy groups -OCH3 is 2. The number of benzene rings is 2. The summed E-state index contributed by atoms with van der Waals surface area (Å²) in [7, 11) is 3.27. The molecule has 0 aliphatic rings. The largest absolute Gasteiger partial charge is 0.493 e. The number of nitrogens with zero attached hydrogens (tertiary/aromatic N) is 3. The van der Waals surface area contributed by atoms with Gasteiger partial charge in [-0.15, -0.1) is 0 Å². The van der Waals surface area contributed by atoms with Crippen LogP contribution in [-0.4, -0.2) is 55.3 Å². The lowest BCUT2D eigenvalue weighted by Gasteiger charge is -2.18. The summed E-state index contributed by atoms with van der Waals surface area (Å²) in [4.78, 5) is 11.9. The lowest BCUT2D eigenvalue weighted by atomic mass is 10.2. The van der Waals surface area contributed by atoms with Gasteiger partial charge in [-0.1, -0.05) is 38.1 Å². The average molecular weight is 421 g/mol. The van der Waals surface area contributed by atoms with Crippen molar-refractivity contribution in [2.24, 2.45) is 0 Å². The minimum Gasteiger partial charge on any atom is -0.493 e. The molecule has 6 nitrogen and oxygen atoms in total. The smallest absolute Gasteiger partial charge is 0.161 e. The summed E-state index contributed by atoms with van der Waals surface area (Å²) in [5.74, 6) is 2.94. The number of ether oxygens (including phenoxy) is 2. The third-order valence-electron chi connectivity index (χ3n) is 5.29. The van der Waals surface area contributed by atoms with Gasteiger partial charge in [-0.3, -0.25) is 0 Å². The first-order valence-corrected chi connectivity index (χ1v) is 10.8. The van der Waals surface area contributed by atoms with Crippen LogP contribution in [0, 0.1) is 0 Å². The molecular formula is C25H32N4O2. The fourth-order valence-electron chi connectivity index (χ4n) is 3.48. The second kappa shape index (κ2) is 11.3. The van der Waals surface area contributed by atoms with Gasteiger partial charge in [-0.2, -0.15) is 0 Å². The molecular weight excluding hydrogens is 388 g/mol. The van der Waals surface area contributed by atoms with Crippen molar-refractivity contribution in [3.05, 3.63) is 53.9 Å². The third-order valence-corrected chi connectivity index (χ3v) is 5.29. The standard InChI is InChI=1S/C25H32N4O2/c1-5-29(6-2)17-9-16-26-25-20-10-7-8-11-21(20)27-24(28-25)15-13-19-12-14-22(30-3)23(18-19)31-4/h7-8,10-15,18H,5-6,9,16-17H2,1-4H3,(H,26,27,28)/b15-13+. The fraction of sp³-hybridized carbons (Fsp3) is 0.360. The van der Waals surface area contributed by atoms with E-state index >= 15 is 0 Å². The molecule has 31 heavy (non-hydrogen) atoms. The first-order valence-electron chi connectivity index (χ1n) is 10.8. The highest BCUT2D eigenvalue weighted by Gasteiger charge is 2.07. The van der Waals surface area contributed by atoms with E-state index in [-0.39, 0.29) is 0 Å². The highest BCUT2D eigenvalue weighted by Crippen LogP contribution is 2.28. The van der Waals surface area contributed by atoms with Gasteiger partial charge in [0.15, 0.2) is 17.3 Å². The van der Waals surface area contributed by atoms with Gasteiger partial charge >= 0.3 is 0 Å². The summed E-state index contributed by atoms with van der Waals surface area (Å²) in [6.45, 7) is 8.51. The molecule has 0 radical (unpaired) electrons. The van der Waals surface area contributed by atoms with E-state index in [1.54, 1.807) is 14.2 Å². The molecule has 0 saturated carbocycles. The van der Waals surface area contributed by atoms with Crippen LogP contribution in [0.1, 0.15) is 31.7 Å². The van der Waals surface area contributed by atoms with Crippen molar-refractivity contribution in [2.75, 3.05) is 45.7 Å². The predicted octanol–water partition coefficient (Wildman–Crippen LogP) is 4.96. The van der Waals surface area contributed by atoms with Crippen LogP contribution in [0.3, 0.4) is 0 Å². The van der Waals surface area contributed by atoms with Crippen LogP contribution < -0.4 is 14.8 Å². The maximum atomic E-state index is 5.39. The molecule has 2 aromatic carbocycles. The summed E-state index contributed by atoms with van der Waals surface area (Å²) in [6, 6.07) is 13.9. The van der Waals surface area contributed by atoms with Gasteiger partial charge in [0.05, 0.1) is 19.7 Å². The van der Waals surface area contributed by atoms with E-state index in [2.05, 4.69) is 30.1 Å². The Bertz CT molecular complexity index is 1020. The molecule has 0 bridgehead atoms. The molecule has 0 saturated heterocycles. The topological polar surface area (TPSA) is 59.5 Å². The summed E-state index contributed by atoms with van der Waals surface area (Å²) >= 11 is 0. The Morgan fingerprint density at radius 3 is 2.45 bits per heavy atom. The monoisotopic (exact) mass is 420 g/mol. The molecule has 164 valence electrons. The van der Waals surface area contributed by atoms with Gasteiger partial charge in [-0.05, 0) is 62.0 Å². The van der Waals surface area contributed by atoms with E-state index in [0.29, 0.717) is 17.3 Å². The van der Waals surface area contributed by atoms with Crippen molar-refractivity contribution >= 4 is 28.9 Å². The summed E-state index contributed by atoms with van der Waals surface area (Å²) in [5.41, 5.74) is 1.92. The van der Waals surface area contributed by atoms with Crippen molar-refractivity contribution < 1.29 is 9.47 Å². The lowest BCUT2D eigenvalue weighted by Crippen LogP contribution is -2.25. The first-order chi connectivity index (χ1) is 15.2. The van der Waals surface area contributed by atoms with Gasteiger partial charge in [0.1, 0.15) is 5.82 Å². The molecule has 3 rings (SSSR count). The normalized spacial score (nSPS) is 11.4. The SMILES string of the molecule is CCN(CC)CCCNc1nc(/C=C/c2ccc(OC)c(OC)c2)nc2ccccc12. The van der Waals surface area contributed by atoms with E-state index in [0.717, 1.165) is 54.9 Å². The van der Waals surface area contributed by atoms with Crippen molar-refractivity contribution in [1.29, 1.82) is 0 Å². The van der Waals surface area contributed by atoms with Crippen molar-refractivity contribution in [2.45, 2.75) is 20.3 Å². The molecule has 6 heteroatoms. The van der Waals surface area contributed by atoms with Crippen LogP contribution in [0.5, 0.6) is 11.5 Å². The molecule has 0 spiro atoms. The van der Waals surface area contributed by atoms with Gasteiger partial charge in [0.2, 0.25) is 0 Å². The first kappa shape index (κ1) is 22.6. The van der Waals surface area contributed by atoms with E-state index < -0.39 is 0 Å². The number of fused-ring (bicyclic) bond motifs is 1. The Hall–Kier alpha value is -3.12. The molecule has 1 aromatic heterocycles. The van der Waals surface area contributed by atoms with Gasteiger partial charge in [0, 0.05) is 11.9 Å². The van der Waals surface area contributed by atoms with Crippen LogP contribution in [0.25, 0.3) is 23.1 Å². The van der Waals surface area contributed by atoms with Crippen LogP contribution in [0.2, 0.25) is 0 Å². The summed E-state index contributed by atoms with van der Waals surface area (Å²) in [5, 5.41) is 4.55. The number of anilines is 1. The molecule has 0 unspecified atom stereocenters. The second-order valence-electron chi connectivity index (χ2n) is 7.20. The van der Waals surface area contributed by atoms with Crippen LogP contribution in [0.4, 0.5) is 5.82 Å². The highest BCUT2D eigenvalue weighted by atomic mass is 16.5. The molecule has 0 amide bonds. The summed E-state index contributed by atoms with van der Waals surface area (Å²) < 4.78 is 10.7. The van der Waals surface area contributed by atoms with Crippen molar-refractivity contribution in [1.82, 2.24) is 14.9 Å². The Labute approximate surface area is 184 Å². The van der Waals surface area contributed by atoms with Crippen LogP contribution >= 0.6 is 0 Å². The van der Waals surface area contributed by atoms with Gasteiger partial charge in [0.25, 0.3) is 0 Å². The Kier molecular flexibility index (Phi) is 8.24. The quantitative estimate of drug-likeness (QED) is 0.443. The Morgan fingerprint density at radius 1 is 0.935 bits per heavy atom. The zero-order chi connectivity index (χ0) is 22.1. The third kappa shape index (κ3) is 5.95. The average Bonchev–Trinajstić information content (AvgIpc) is 2.82. The van der Waals surface area contributed by atoms with E-state index in [1.807, 2.05) is 48.6 Å². The summed E-state index contributed by atoms with van der Waals surface area (Å²) in [6.07, 6.45) is 4.97. The number of hydrogen-bond donors (Lipinski definition) is 1. The van der Waals surface area contributed by atoms with Gasteiger partial charge < -0.3 is 19.7 Å². The zero-order valence-corrected chi connectivity index (χ0v) is 18.9. The number of nitrogens with one attached hydrogen (secondary N) is 1. The molecule has 1 heterocycles. The zero-order valence-electron chi connectivity index (χ0n) is 18.9. The maximum absolute atomic E-state index is 5.39. The number of aromatic nitrogens is 2. The molecule has 0 aliphatic carbocycles. The van der Waals surface area contributed by atoms with Crippen LogP contribution in [0.15, 0.2) is 42.5 Å². The van der Waals surface area contributed by atoms with Crippen molar-refractivity contribution in [3.63, 3.8) is 0 Å². The van der Waals surface area contributed by atoms with E-state index in [1.165, 1.54) is 0 Å². The second-order valence-corrected chi connectivity index (χ2v) is 7.20. The number of hydrogen-bond acceptors (Lipinski definition) is 6. The van der Waals surface area contributed by atoms with Crippen LogP contribution in [-0.2, 0) is 0 Å². The van der Waals surface area contributed by atoms with E-state index in [4.69, 9.17) is 19.4 Å². The molecule has 1 N–H and O–H groups in total. The van der Waals surface area contributed by atoms with Crippen molar-refractivity contribution in [3.8, 4) is 11.5 Å². The molecule has 3 aromatic rings. The van der Waals surface area contributed by atoms with E-state index in [9.17, 15) is 0 Å².